The van der Waals surface area contributed by atoms with Gasteiger partial charge in [0.1, 0.15) is 6.61 Å². The van der Waals surface area contributed by atoms with Crippen LogP contribution in [0, 0.1) is 0 Å². The molecule has 152 valence electrons. The Morgan fingerprint density at radius 3 is 2.14 bits per heavy atom. The van der Waals surface area contributed by atoms with Crippen LogP contribution in [0.1, 0.15) is 36.3 Å². The highest BCUT2D eigenvalue weighted by Gasteiger charge is 2.28. The predicted octanol–water partition coefficient (Wildman–Crippen LogP) is 2.90. The van der Waals surface area contributed by atoms with Crippen LogP contribution in [0.5, 0.6) is 0 Å². The summed E-state index contributed by atoms with van der Waals surface area (Å²) < 4.78 is 5.36. The van der Waals surface area contributed by atoms with E-state index in [1.165, 1.54) is 0 Å². The van der Waals surface area contributed by atoms with E-state index in [0.717, 1.165) is 22.3 Å². The number of benzene rings is 2. The molecule has 2 aromatic carbocycles. The van der Waals surface area contributed by atoms with Crippen LogP contribution in [0.15, 0.2) is 48.5 Å². The molecule has 2 amide bonds. The van der Waals surface area contributed by atoms with E-state index in [0.29, 0.717) is 19.4 Å². The highest BCUT2D eigenvalue weighted by molar-refractivity contribution is 5.82. The lowest BCUT2D eigenvalue weighted by Crippen LogP contribution is -2.37. The summed E-state index contributed by atoms with van der Waals surface area (Å²) in [6.45, 7) is 0.380. The number of rotatable bonds is 9. The molecule has 0 atom stereocenters. The van der Waals surface area contributed by atoms with Gasteiger partial charge in [-0.1, -0.05) is 48.5 Å². The van der Waals surface area contributed by atoms with Crippen molar-refractivity contribution in [1.29, 1.82) is 0 Å². The lowest BCUT2D eigenvalue weighted by Gasteiger charge is -2.14. The fraction of sp³-hybridized carbons (Fsp3) is 0.318. The third-order valence-electron chi connectivity index (χ3n) is 4.88. The van der Waals surface area contributed by atoms with Crippen molar-refractivity contribution in [2.75, 3.05) is 19.7 Å². The van der Waals surface area contributed by atoms with Crippen molar-refractivity contribution in [3.63, 3.8) is 0 Å². The van der Waals surface area contributed by atoms with Crippen molar-refractivity contribution in [2.24, 2.45) is 0 Å². The van der Waals surface area contributed by atoms with Gasteiger partial charge in [0.2, 0.25) is 5.91 Å². The summed E-state index contributed by atoms with van der Waals surface area (Å²) in [5.41, 5.74) is 4.56. The van der Waals surface area contributed by atoms with Crippen LogP contribution in [0.25, 0.3) is 11.1 Å². The summed E-state index contributed by atoms with van der Waals surface area (Å²) in [6.07, 6.45) is 0.500. The molecular weight excluding hydrogens is 372 g/mol. The first kappa shape index (κ1) is 20.4. The molecule has 0 heterocycles. The molecule has 0 unspecified atom stereocenters. The van der Waals surface area contributed by atoms with Gasteiger partial charge in [0.15, 0.2) is 0 Å². The standard InChI is InChI=1S/C22H24N2O5/c25-20(23-12-6-5-11-21(26)27)13-24-22(28)29-14-19-17-9-3-1-7-15(17)16-8-2-4-10-18(16)19/h1-4,7-10,19H,5-6,11-14H2,(H,23,25)(H,24,28)(H,26,27). The van der Waals surface area contributed by atoms with Gasteiger partial charge < -0.3 is 20.5 Å². The van der Waals surface area contributed by atoms with Crippen molar-refractivity contribution in [3.8, 4) is 11.1 Å². The lowest BCUT2D eigenvalue weighted by molar-refractivity contribution is -0.137. The van der Waals surface area contributed by atoms with Gasteiger partial charge in [-0.3, -0.25) is 9.59 Å². The molecule has 7 heteroatoms. The van der Waals surface area contributed by atoms with Crippen LogP contribution < -0.4 is 10.6 Å². The zero-order valence-corrected chi connectivity index (χ0v) is 16.0. The van der Waals surface area contributed by atoms with Crippen LogP contribution in [0.2, 0.25) is 0 Å². The van der Waals surface area contributed by atoms with E-state index < -0.39 is 12.1 Å². The number of amides is 2. The molecule has 3 rings (SSSR count). The maximum absolute atomic E-state index is 12.0. The molecule has 1 aliphatic carbocycles. The average Bonchev–Trinajstić information content (AvgIpc) is 3.04. The minimum Gasteiger partial charge on any atom is -0.481 e. The largest absolute Gasteiger partial charge is 0.481 e. The molecule has 0 saturated heterocycles. The SMILES string of the molecule is O=C(O)CCCCNC(=O)CNC(=O)OCC1c2ccccc2-c2ccccc21. The Bertz CT molecular complexity index is 851. The first-order valence-electron chi connectivity index (χ1n) is 9.63. The first-order chi connectivity index (χ1) is 14.1. The number of carboxylic acid groups (broad SMARTS) is 1. The Hall–Kier alpha value is -3.35. The van der Waals surface area contributed by atoms with E-state index in [1.54, 1.807) is 0 Å². The number of carboxylic acids is 1. The maximum Gasteiger partial charge on any atom is 0.407 e. The fourth-order valence-electron chi connectivity index (χ4n) is 3.49. The molecule has 7 nitrogen and oxygen atoms in total. The Labute approximate surface area is 169 Å². The summed E-state index contributed by atoms with van der Waals surface area (Å²) in [6, 6.07) is 16.1. The second-order valence-electron chi connectivity index (χ2n) is 6.88. The summed E-state index contributed by atoms with van der Waals surface area (Å²) in [5, 5.41) is 13.6. The van der Waals surface area contributed by atoms with Gasteiger partial charge in [-0.15, -0.1) is 0 Å². The van der Waals surface area contributed by atoms with E-state index in [-0.39, 0.29) is 31.4 Å². The number of unbranched alkanes of at least 4 members (excludes halogenated alkanes) is 1. The van der Waals surface area contributed by atoms with E-state index >= 15 is 0 Å². The molecule has 0 aromatic heterocycles. The molecule has 3 N–H and O–H groups in total. The smallest absolute Gasteiger partial charge is 0.407 e. The molecule has 0 saturated carbocycles. The average molecular weight is 396 g/mol. The number of nitrogens with one attached hydrogen (secondary N) is 2. The molecule has 29 heavy (non-hydrogen) atoms. The number of ether oxygens (including phenoxy) is 1. The highest BCUT2D eigenvalue weighted by Crippen LogP contribution is 2.44. The topological polar surface area (TPSA) is 105 Å². The third kappa shape index (κ3) is 5.34. The van der Waals surface area contributed by atoms with E-state index in [9.17, 15) is 14.4 Å². The maximum atomic E-state index is 12.0. The van der Waals surface area contributed by atoms with Crippen molar-refractivity contribution >= 4 is 18.0 Å². The molecule has 0 spiro atoms. The van der Waals surface area contributed by atoms with Crippen molar-refractivity contribution in [1.82, 2.24) is 10.6 Å². The van der Waals surface area contributed by atoms with Gasteiger partial charge >= 0.3 is 12.1 Å². The number of carbonyl (C=O) groups excluding carboxylic acids is 2. The molecule has 1 aliphatic rings. The Balaban J connectivity index is 1.43. The fourth-order valence-corrected chi connectivity index (χ4v) is 3.49. The number of alkyl carbamates (subject to hydrolysis) is 1. The van der Waals surface area contributed by atoms with Gasteiger partial charge in [-0.2, -0.15) is 0 Å². The predicted molar refractivity (Wildman–Crippen MR) is 108 cm³/mol. The summed E-state index contributed by atoms with van der Waals surface area (Å²) >= 11 is 0. The van der Waals surface area contributed by atoms with Gasteiger partial charge in [0, 0.05) is 18.9 Å². The van der Waals surface area contributed by atoms with Crippen molar-refractivity contribution in [2.45, 2.75) is 25.2 Å². The normalized spacial score (nSPS) is 12.0. The van der Waals surface area contributed by atoms with Crippen molar-refractivity contribution < 1.29 is 24.2 Å². The lowest BCUT2D eigenvalue weighted by atomic mass is 9.98. The summed E-state index contributed by atoms with van der Waals surface area (Å²) in [7, 11) is 0. The summed E-state index contributed by atoms with van der Waals surface area (Å²) in [5.74, 6) is -1.22. The monoisotopic (exact) mass is 396 g/mol. The minimum atomic E-state index is -0.853. The van der Waals surface area contributed by atoms with Gasteiger partial charge in [0.05, 0.1) is 6.54 Å². The second kappa shape index (κ2) is 9.73. The van der Waals surface area contributed by atoms with Gasteiger partial charge in [0.25, 0.3) is 0 Å². The zero-order valence-electron chi connectivity index (χ0n) is 16.0. The quantitative estimate of drug-likeness (QED) is 0.565. The molecule has 2 aromatic rings. The summed E-state index contributed by atoms with van der Waals surface area (Å²) in [4.78, 5) is 34.2. The van der Waals surface area contributed by atoms with Crippen LogP contribution in [0.3, 0.4) is 0 Å². The molecular formula is C22H24N2O5. The molecule has 0 aliphatic heterocycles. The van der Waals surface area contributed by atoms with E-state index in [4.69, 9.17) is 9.84 Å². The number of hydrogen-bond acceptors (Lipinski definition) is 4. The van der Waals surface area contributed by atoms with Crippen LogP contribution in [-0.2, 0) is 14.3 Å². The Kier molecular flexibility index (Phi) is 6.84. The number of aliphatic carboxylic acids is 1. The van der Waals surface area contributed by atoms with Gasteiger partial charge in [-0.05, 0) is 35.1 Å². The molecule has 0 fully saturated rings. The Morgan fingerprint density at radius 2 is 1.52 bits per heavy atom. The van der Waals surface area contributed by atoms with E-state index in [2.05, 4.69) is 22.8 Å². The Morgan fingerprint density at radius 1 is 0.897 bits per heavy atom. The van der Waals surface area contributed by atoms with Crippen LogP contribution in [0.4, 0.5) is 4.79 Å². The van der Waals surface area contributed by atoms with E-state index in [1.807, 2.05) is 36.4 Å². The zero-order chi connectivity index (χ0) is 20.6. The van der Waals surface area contributed by atoms with Gasteiger partial charge in [-0.25, -0.2) is 4.79 Å². The minimum absolute atomic E-state index is 0.0313. The van der Waals surface area contributed by atoms with Crippen LogP contribution >= 0.6 is 0 Å². The second-order valence-corrected chi connectivity index (χ2v) is 6.88. The number of fused-ring (bicyclic) bond motifs is 3. The van der Waals surface area contributed by atoms with Crippen molar-refractivity contribution in [3.05, 3.63) is 59.7 Å². The number of carbonyl (C=O) groups is 3. The first-order valence-corrected chi connectivity index (χ1v) is 9.63. The van der Waals surface area contributed by atoms with Crippen LogP contribution in [-0.4, -0.2) is 42.8 Å². The molecule has 0 bridgehead atoms. The highest BCUT2D eigenvalue weighted by atomic mass is 16.5. The third-order valence-corrected chi connectivity index (χ3v) is 4.88. The molecule has 0 radical (unpaired) electrons. The number of hydrogen-bond donors (Lipinski definition) is 3.